The van der Waals surface area contributed by atoms with E-state index in [2.05, 4.69) is 15.6 Å². The number of likely N-dealkylation sites (tertiary alicyclic amines) is 1. The first-order chi connectivity index (χ1) is 9.75. The highest BCUT2D eigenvalue weighted by atomic mass is 16.2. The summed E-state index contributed by atoms with van der Waals surface area (Å²) >= 11 is 0. The summed E-state index contributed by atoms with van der Waals surface area (Å²) in [4.78, 5) is 25.8. The Morgan fingerprint density at radius 2 is 2.10 bits per heavy atom. The van der Waals surface area contributed by atoms with Gasteiger partial charge in [-0.05, 0) is 12.8 Å². The van der Waals surface area contributed by atoms with Crippen LogP contribution in [0.1, 0.15) is 32.1 Å². The van der Waals surface area contributed by atoms with Gasteiger partial charge in [0.1, 0.15) is 0 Å². The molecule has 1 saturated carbocycles. The van der Waals surface area contributed by atoms with Gasteiger partial charge in [0.15, 0.2) is 0 Å². The van der Waals surface area contributed by atoms with Crippen molar-refractivity contribution in [1.29, 1.82) is 0 Å². The van der Waals surface area contributed by atoms with Gasteiger partial charge < -0.3 is 5.32 Å². The molecular formula is C13H19N5O2. The molecule has 1 N–H and O–H groups in total. The lowest BCUT2D eigenvalue weighted by Crippen LogP contribution is -2.43. The van der Waals surface area contributed by atoms with Crippen molar-refractivity contribution in [2.24, 2.45) is 0 Å². The van der Waals surface area contributed by atoms with Crippen LogP contribution in [-0.4, -0.2) is 50.3 Å². The van der Waals surface area contributed by atoms with E-state index < -0.39 is 0 Å². The smallest absolute Gasteiger partial charge is 0.247 e. The number of aromatic nitrogens is 3. The minimum Gasteiger partial charge on any atom is -0.304 e. The molecule has 20 heavy (non-hydrogen) atoms. The molecule has 108 valence electrons. The van der Waals surface area contributed by atoms with E-state index in [1.807, 2.05) is 0 Å². The molecule has 1 aliphatic heterocycles. The first-order valence-corrected chi connectivity index (χ1v) is 7.19. The number of hydrogen-bond acceptors (Lipinski definition) is 5. The third-order valence-electron chi connectivity index (χ3n) is 4.08. The molecule has 2 fully saturated rings. The first kappa shape index (κ1) is 13.2. The second kappa shape index (κ2) is 5.70. The predicted molar refractivity (Wildman–Crippen MR) is 70.5 cm³/mol. The molecular weight excluding hydrogens is 258 g/mol. The van der Waals surface area contributed by atoms with E-state index >= 15 is 0 Å². The molecule has 7 nitrogen and oxygen atoms in total. The minimum absolute atomic E-state index is 0.0276. The molecule has 1 saturated heterocycles. The number of imide groups is 1. The second-order valence-corrected chi connectivity index (χ2v) is 5.42. The summed E-state index contributed by atoms with van der Waals surface area (Å²) < 4.78 is 1.70. The van der Waals surface area contributed by atoms with Gasteiger partial charge in [0.05, 0.1) is 25.2 Å². The zero-order valence-corrected chi connectivity index (χ0v) is 11.4. The number of rotatable bonds is 5. The monoisotopic (exact) mass is 277 g/mol. The van der Waals surface area contributed by atoms with Crippen LogP contribution in [0.15, 0.2) is 12.4 Å². The molecule has 1 aliphatic carbocycles. The largest absolute Gasteiger partial charge is 0.304 e. The van der Waals surface area contributed by atoms with Crippen LogP contribution in [0.2, 0.25) is 0 Å². The Hall–Kier alpha value is -1.76. The Balaban J connectivity index is 1.53. The number of nitrogens with zero attached hydrogens (tertiary/aromatic N) is 4. The van der Waals surface area contributed by atoms with Gasteiger partial charge >= 0.3 is 0 Å². The van der Waals surface area contributed by atoms with Crippen molar-refractivity contribution in [3.63, 3.8) is 0 Å². The number of hydrogen-bond donors (Lipinski definition) is 1. The normalized spacial score (nSPS) is 24.0. The van der Waals surface area contributed by atoms with E-state index in [9.17, 15) is 9.59 Å². The van der Waals surface area contributed by atoms with Crippen LogP contribution in [0.3, 0.4) is 0 Å². The van der Waals surface area contributed by atoms with Crippen LogP contribution in [0.5, 0.6) is 0 Å². The van der Waals surface area contributed by atoms with E-state index in [0.29, 0.717) is 13.1 Å². The van der Waals surface area contributed by atoms with Crippen molar-refractivity contribution in [2.45, 2.75) is 50.7 Å². The average molecular weight is 277 g/mol. The van der Waals surface area contributed by atoms with Gasteiger partial charge in [-0.2, -0.15) is 0 Å². The molecule has 3 rings (SSSR count). The summed E-state index contributed by atoms with van der Waals surface area (Å²) in [5.41, 5.74) is 0. The van der Waals surface area contributed by atoms with Crippen LogP contribution in [-0.2, 0) is 16.1 Å². The summed E-state index contributed by atoms with van der Waals surface area (Å²) in [7, 11) is 0. The highest BCUT2D eigenvalue weighted by molar-refractivity contribution is 6.05. The van der Waals surface area contributed by atoms with E-state index in [4.69, 9.17) is 0 Å². The molecule has 1 atom stereocenters. The second-order valence-electron chi connectivity index (χ2n) is 5.42. The molecule has 1 unspecified atom stereocenters. The summed E-state index contributed by atoms with van der Waals surface area (Å²) in [6.07, 6.45) is 7.83. The van der Waals surface area contributed by atoms with E-state index in [-0.39, 0.29) is 30.3 Å². The van der Waals surface area contributed by atoms with Crippen molar-refractivity contribution in [3.8, 4) is 0 Å². The van der Waals surface area contributed by atoms with Gasteiger partial charge in [0, 0.05) is 18.8 Å². The van der Waals surface area contributed by atoms with E-state index in [0.717, 1.165) is 25.7 Å². The Labute approximate surface area is 117 Å². The van der Waals surface area contributed by atoms with Gasteiger partial charge in [-0.15, -0.1) is 5.10 Å². The van der Waals surface area contributed by atoms with Gasteiger partial charge in [-0.25, -0.2) is 0 Å². The Morgan fingerprint density at radius 3 is 2.80 bits per heavy atom. The maximum atomic E-state index is 12.3. The number of carbonyl (C=O) groups is 2. The zero-order valence-electron chi connectivity index (χ0n) is 11.4. The lowest BCUT2D eigenvalue weighted by atomic mass is 10.2. The lowest BCUT2D eigenvalue weighted by Gasteiger charge is -2.22. The average Bonchev–Trinajstić information content (AvgIpc) is 3.13. The number of amides is 2. The van der Waals surface area contributed by atoms with Crippen molar-refractivity contribution in [1.82, 2.24) is 25.2 Å². The SMILES string of the molecule is O=C1CC(NCCn2ccnn2)C(=O)N1C1CCCC1. The Morgan fingerprint density at radius 1 is 1.30 bits per heavy atom. The zero-order chi connectivity index (χ0) is 13.9. The van der Waals surface area contributed by atoms with Crippen molar-refractivity contribution in [3.05, 3.63) is 12.4 Å². The maximum Gasteiger partial charge on any atom is 0.247 e. The van der Waals surface area contributed by atoms with Crippen LogP contribution in [0, 0.1) is 0 Å². The van der Waals surface area contributed by atoms with Crippen molar-refractivity contribution < 1.29 is 9.59 Å². The van der Waals surface area contributed by atoms with Gasteiger partial charge in [-0.1, -0.05) is 18.1 Å². The van der Waals surface area contributed by atoms with E-state index in [1.165, 1.54) is 4.90 Å². The molecule has 2 aliphatic rings. The van der Waals surface area contributed by atoms with E-state index in [1.54, 1.807) is 17.1 Å². The minimum atomic E-state index is -0.369. The summed E-state index contributed by atoms with van der Waals surface area (Å²) in [5.74, 6) is -0.0827. The fourth-order valence-corrected chi connectivity index (χ4v) is 3.06. The summed E-state index contributed by atoms with van der Waals surface area (Å²) in [5, 5.41) is 10.7. The third kappa shape index (κ3) is 2.58. The molecule has 1 aromatic rings. The highest BCUT2D eigenvalue weighted by Gasteiger charge is 2.42. The van der Waals surface area contributed by atoms with Crippen molar-refractivity contribution >= 4 is 11.8 Å². The molecule has 2 heterocycles. The lowest BCUT2D eigenvalue weighted by molar-refractivity contribution is -0.141. The summed E-state index contributed by atoms with van der Waals surface area (Å²) in [6.45, 7) is 1.24. The predicted octanol–water partition coefficient (Wildman–Crippen LogP) is -0.0622. The number of nitrogens with one attached hydrogen (secondary N) is 1. The van der Waals surface area contributed by atoms with Gasteiger partial charge in [0.2, 0.25) is 11.8 Å². The molecule has 0 aromatic carbocycles. The van der Waals surface area contributed by atoms with Gasteiger partial charge in [-0.3, -0.25) is 19.2 Å². The maximum absolute atomic E-state index is 12.3. The standard InChI is InChI=1S/C13H19N5O2/c19-12-9-11(14-5-7-17-8-6-15-16-17)13(20)18(12)10-3-1-2-4-10/h6,8,10-11,14H,1-5,7,9H2. The number of carbonyl (C=O) groups excluding carboxylic acids is 2. The van der Waals surface area contributed by atoms with Crippen LogP contribution in [0.25, 0.3) is 0 Å². The van der Waals surface area contributed by atoms with Crippen molar-refractivity contribution in [2.75, 3.05) is 6.54 Å². The first-order valence-electron chi connectivity index (χ1n) is 7.19. The van der Waals surface area contributed by atoms with Crippen LogP contribution >= 0.6 is 0 Å². The molecule has 0 bridgehead atoms. The molecule has 0 spiro atoms. The highest BCUT2D eigenvalue weighted by Crippen LogP contribution is 2.28. The summed E-state index contributed by atoms with van der Waals surface area (Å²) in [6, 6.07) is -0.233. The van der Waals surface area contributed by atoms with Crippen LogP contribution < -0.4 is 5.32 Å². The Bertz CT molecular complexity index is 481. The topological polar surface area (TPSA) is 80.1 Å². The molecule has 1 aromatic heterocycles. The fourth-order valence-electron chi connectivity index (χ4n) is 3.06. The fraction of sp³-hybridized carbons (Fsp3) is 0.692. The van der Waals surface area contributed by atoms with Crippen LogP contribution in [0.4, 0.5) is 0 Å². The third-order valence-corrected chi connectivity index (χ3v) is 4.08. The Kier molecular flexibility index (Phi) is 3.77. The molecule has 2 amide bonds. The quantitative estimate of drug-likeness (QED) is 0.763. The van der Waals surface area contributed by atoms with Gasteiger partial charge in [0.25, 0.3) is 0 Å². The molecule has 7 heteroatoms. The molecule has 0 radical (unpaired) electrons.